The van der Waals surface area contributed by atoms with Gasteiger partial charge in [-0.25, -0.2) is 9.97 Å². The molecule has 0 radical (unpaired) electrons. The van der Waals surface area contributed by atoms with Crippen molar-refractivity contribution in [2.75, 3.05) is 19.7 Å². The Labute approximate surface area is 140 Å². The first-order valence-corrected chi connectivity index (χ1v) is 8.74. The van der Waals surface area contributed by atoms with E-state index in [0.717, 1.165) is 23.6 Å². The molecular formula is C17H21N3O2S. The molecule has 2 aromatic heterocycles. The van der Waals surface area contributed by atoms with Gasteiger partial charge in [-0.2, -0.15) is 0 Å². The molecule has 0 bridgehead atoms. The predicted molar refractivity (Wildman–Crippen MR) is 89.4 cm³/mol. The van der Waals surface area contributed by atoms with Crippen molar-refractivity contribution in [3.8, 4) is 0 Å². The molecule has 3 heterocycles. The summed E-state index contributed by atoms with van der Waals surface area (Å²) in [5.41, 5.74) is 1.79. The van der Waals surface area contributed by atoms with E-state index in [1.54, 1.807) is 11.3 Å². The van der Waals surface area contributed by atoms with Gasteiger partial charge in [-0.1, -0.05) is 6.07 Å². The Morgan fingerprint density at radius 2 is 2.30 bits per heavy atom. The summed E-state index contributed by atoms with van der Waals surface area (Å²) >= 11 is 1.70. The fourth-order valence-corrected chi connectivity index (χ4v) is 3.52. The molecule has 5 nitrogen and oxygen atoms in total. The Hall–Kier alpha value is -1.79. The highest BCUT2D eigenvalue weighted by molar-refractivity contribution is 7.09. The number of carbonyl (C=O) groups excluding carboxylic acids is 1. The zero-order chi connectivity index (χ0) is 16.2. The number of rotatable bonds is 4. The lowest BCUT2D eigenvalue weighted by atomic mass is 10.1. The Balaban J connectivity index is 1.62. The molecule has 1 aliphatic heterocycles. The van der Waals surface area contributed by atoms with Crippen molar-refractivity contribution in [2.24, 2.45) is 0 Å². The van der Waals surface area contributed by atoms with Crippen LogP contribution in [-0.4, -0.2) is 40.5 Å². The highest BCUT2D eigenvalue weighted by Crippen LogP contribution is 2.22. The third-order valence-electron chi connectivity index (χ3n) is 3.90. The number of ether oxygens (including phenoxy) is 1. The highest BCUT2D eigenvalue weighted by Gasteiger charge is 2.26. The van der Waals surface area contributed by atoms with Crippen LogP contribution in [0.5, 0.6) is 0 Å². The lowest BCUT2D eigenvalue weighted by Gasteiger charge is -2.33. The van der Waals surface area contributed by atoms with Crippen molar-refractivity contribution < 1.29 is 9.53 Å². The molecule has 1 aliphatic rings. The van der Waals surface area contributed by atoms with Gasteiger partial charge < -0.3 is 9.64 Å². The summed E-state index contributed by atoms with van der Waals surface area (Å²) in [6.07, 6.45) is 1.20. The number of nitrogens with zero attached hydrogens (tertiary/aromatic N) is 3. The molecule has 6 heteroatoms. The molecule has 3 rings (SSSR count). The summed E-state index contributed by atoms with van der Waals surface area (Å²) in [5, 5.41) is 2.05. The first kappa shape index (κ1) is 16.1. The third kappa shape index (κ3) is 4.14. The van der Waals surface area contributed by atoms with E-state index in [2.05, 4.69) is 16.0 Å². The van der Waals surface area contributed by atoms with Crippen molar-refractivity contribution in [3.63, 3.8) is 0 Å². The molecule has 0 saturated carbocycles. The highest BCUT2D eigenvalue weighted by atomic mass is 32.1. The lowest BCUT2D eigenvalue weighted by molar-refractivity contribution is -0.139. The number of carbonyl (C=O) groups is 1. The molecule has 122 valence electrons. The monoisotopic (exact) mass is 331 g/mol. The van der Waals surface area contributed by atoms with Crippen LogP contribution in [0.25, 0.3) is 0 Å². The Kier molecular flexibility index (Phi) is 5.03. The number of thiophene rings is 1. The van der Waals surface area contributed by atoms with E-state index >= 15 is 0 Å². The van der Waals surface area contributed by atoms with Crippen LogP contribution in [0.2, 0.25) is 0 Å². The molecular weight excluding hydrogens is 310 g/mol. The zero-order valence-electron chi connectivity index (χ0n) is 13.5. The van der Waals surface area contributed by atoms with Crippen molar-refractivity contribution in [1.29, 1.82) is 0 Å². The molecule has 0 aliphatic carbocycles. The van der Waals surface area contributed by atoms with Crippen LogP contribution in [0.1, 0.15) is 34.6 Å². The molecule has 2 aromatic rings. The van der Waals surface area contributed by atoms with Crippen molar-refractivity contribution in [1.82, 2.24) is 14.9 Å². The van der Waals surface area contributed by atoms with E-state index in [9.17, 15) is 4.79 Å². The summed E-state index contributed by atoms with van der Waals surface area (Å²) in [6, 6.07) is 6.04. The Morgan fingerprint density at radius 3 is 3.04 bits per heavy atom. The van der Waals surface area contributed by atoms with Crippen molar-refractivity contribution >= 4 is 17.2 Å². The average molecular weight is 331 g/mol. The van der Waals surface area contributed by atoms with Crippen LogP contribution in [0.4, 0.5) is 0 Å². The van der Waals surface area contributed by atoms with E-state index in [4.69, 9.17) is 4.74 Å². The topological polar surface area (TPSA) is 55.3 Å². The summed E-state index contributed by atoms with van der Waals surface area (Å²) < 4.78 is 5.82. The van der Waals surface area contributed by atoms with Crippen LogP contribution >= 0.6 is 11.3 Å². The van der Waals surface area contributed by atoms with Gasteiger partial charge in [-0.15, -0.1) is 11.3 Å². The SMILES string of the molecule is Cc1cc([C@H]2CN(C(=O)CCc3cccs3)CCO2)nc(C)n1. The van der Waals surface area contributed by atoms with Gasteiger partial charge >= 0.3 is 0 Å². The molecule has 1 fully saturated rings. The number of morpholine rings is 1. The van der Waals surface area contributed by atoms with Gasteiger partial charge in [0.1, 0.15) is 11.9 Å². The van der Waals surface area contributed by atoms with Gasteiger partial charge in [0.2, 0.25) is 5.91 Å². The van der Waals surface area contributed by atoms with Crippen LogP contribution in [0.3, 0.4) is 0 Å². The first-order chi connectivity index (χ1) is 11.1. The van der Waals surface area contributed by atoms with Gasteiger partial charge in [-0.05, 0) is 37.8 Å². The van der Waals surface area contributed by atoms with Crippen LogP contribution < -0.4 is 0 Å². The minimum atomic E-state index is -0.158. The van der Waals surface area contributed by atoms with Gasteiger partial charge in [0.05, 0.1) is 18.8 Å². The van der Waals surface area contributed by atoms with Crippen LogP contribution in [-0.2, 0) is 16.0 Å². The molecule has 23 heavy (non-hydrogen) atoms. The molecule has 0 spiro atoms. The summed E-state index contributed by atoms with van der Waals surface area (Å²) in [4.78, 5) is 24.4. The van der Waals surface area contributed by atoms with Gasteiger partial charge in [0.25, 0.3) is 0 Å². The second-order valence-corrected chi connectivity index (χ2v) is 6.79. The van der Waals surface area contributed by atoms with Crippen molar-refractivity contribution in [3.05, 3.63) is 45.7 Å². The quantitative estimate of drug-likeness (QED) is 0.864. The smallest absolute Gasteiger partial charge is 0.223 e. The van der Waals surface area contributed by atoms with E-state index < -0.39 is 0 Å². The number of amides is 1. The minimum Gasteiger partial charge on any atom is -0.368 e. The molecule has 0 aromatic carbocycles. The molecule has 1 saturated heterocycles. The maximum Gasteiger partial charge on any atom is 0.223 e. The second-order valence-electron chi connectivity index (χ2n) is 5.76. The Morgan fingerprint density at radius 1 is 1.43 bits per heavy atom. The number of aryl methyl sites for hydroxylation is 3. The summed E-state index contributed by atoms with van der Waals surface area (Å²) in [5.74, 6) is 0.930. The van der Waals surface area contributed by atoms with Crippen molar-refractivity contribution in [2.45, 2.75) is 32.8 Å². The number of hydrogen-bond donors (Lipinski definition) is 0. The predicted octanol–water partition coefficient (Wildman–Crippen LogP) is 2.69. The molecule has 1 atom stereocenters. The number of hydrogen-bond acceptors (Lipinski definition) is 5. The summed E-state index contributed by atoms with van der Waals surface area (Å²) in [7, 11) is 0. The van der Waals surface area contributed by atoms with E-state index in [0.29, 0.717) is 26.1 Å². The largest absolute Gasteiger partial charge is 0.368 e. The van der Waals surface area contributed by atoms with E-state index in [-0.39, 0.29) is 12.0 Å². The van der Waals surface area contributed by atoms with Gasteiger partial charge in [0, 0.05) is 23.5 Å². The zero-order valence-corrected chi connectivity index (χ0v) is 14.3. The molecule has 0 N–H and O–H groups in total. The second kappa shape index (κ2) is 7.19. The summed E-state index contributed by atoms with van der Waals surface area (Å²) in [6.45, 7) is 5.60. The first-order valence-electron chi connectivity index (χ1n) is 7.86. The van der Waals surface area contributed by atoms with Crippen LogP contribution in [0, 0.1) is 13.8 Å². The number of aromatic nitrogens is 2. The fourth-order valence-electron chi connectivity index (χ4n) is 2.81. The normalized spacial score (nSPS) is 18.2. The van der Waals surface area contributed by atoms with E-state index in [1.807, 2.05) is 36.3 Å². The van der Waals surface area contributed by atoms with Crippen LogP contribution in [0.15, 0.2) is 23.6 Å². The van der Waals surface area contributed by atoms with Gasteiger partial charge in [0.15, 0.2) is 0 Å². The fraction of sp³-hybridized carbons (Fsp3) is 0.471. The lowest BCUT2D eigenvalue weighted by Crippen LogP contribution is -2.42. The molecule has 1 amide bonds. The molecule has 0 unspecified atom stereocenters. The standard InChI is InChI=1S/C17H21N3O2S/c1-12-10-15(19-13(2)18-12)16-11-20(7-8-22-16)17(21)6-5-14-4-3-9-23-14/h3-4,9-10,16H,5-8,11H2,1-2H3/t16-/m1/s1. The van der Waals surface area contributed by atoms with E-state index in [1.165, 1.54) is 4.88 Å². The maximum atomic E-state index is 12.4. The van der Waals surface area contributed by atoms with Gasteiger partial charge in [-0.3, -0.25) is 4.79 Å². The maximum absolute atomic E-state index is 12.4. The average Bonchev–Trinajstić information content (AvgIpc) is 3.05. The third-order valence-corrected chi connectivity index (χ3v) is 4.84. The Bertz CT molecular complexity index is 652. The minimum absolute atomic E-state index is 0.158.